The zero-order valence-electron chi connectivity index (χ0n) is 22.4. The minimum absolute atomic E-state index is 0.0103. The monoisotopic (exact) mass is 525 g/mol. The van der Waals surface area contributed by atoms with E-state index < -0.39 is 23.5 Å². The lowest BCUT2D eigenvalue weighted by Gasteiger charge is -2.38. The van der Waals surface area contributed by atoms with Crippen molar-refractivity contribution in [1.29, 1.82) is 0 Å². The maximum Gasteiger partial charge on any atom is 0.326 e. The lowest BCUT2D eigenvalue weighted by molar-refractivity contribution is -0.143. The quantitative estimate of drug-likeness (QED) is 0.328. The highest BCUT2D eigenvalue weighted by Gasteiger charge is 2.57. The molecule has 0 bridgehead atoms. The Kier molecular flexibility index (Phi) is 7.53. The summed E-state index contributed by atoms with van der Waals surface area (Å²) in [6.45, 7) is 4.91. The predicted octanol–water partition coefficient (Wildman–Crippen LogP) is 3.74. The van der Waals surface area contributed by atoms with E-state index in [1.807, 2.05) is 54.6 Å². The highest BCUT2D eigenvalue weighted by atomic mass is 16.4. The molecule has 2 aliphatic heterocycles. The molecule has 7 nitrogen and oxygen atoms in total. The first-order valence-corrected chi connectivity index (χ1v) is 13.6. The Morgan fingerprint density at radius 3 is 1.74 bits per heavy atom. The Hall–Kier alpha value is -3.97. The third-order valence-electron chi connectivity index (χ3n) is 8.00. The fraction of sp³-hybridized carbons (Fsp3) is 0.344. The SMILES string of the molecule is CC(C)[C@H](NC(=O)[C@H]1CCN(C(=O)C2CN2C(c2ccccc2)(c2ccccc2)c2ccccc2)C1)C(=O)O. The van der Waals surface area contributed by atoms with Crippen LogP contribution in [-0.2, 0) is 19.9 Å². The Morgan fingerprint density at radius 2 is 1.31 bits per heavy atom. The molecule has 2 amide bonds. The van der Waals surface area contributed by atoms with Gasteiger partial charge in [-0.3, -0.25) is 14.5 Å². The Bertz CT molecular complexity index is 1220. The molecule has 2 unspecified atom stereocenters. The molecule has 0 spiro atoms. The van der Waals surface area contributed by atoms with Crippen LogP contribution in [0, 0.1) is 11.8 Å². The molecule has 2 N–H and O–H groups in total. The van der Waals surface area contributed by atoms with E-state index in [0.29, 0.717) is 26.1 Å². The third kappa shape index (κ3) is 5.06. The summed E-state index contributed by atoms with van der Waals surface area (Å²) in [6, 6.07) is 29.6. The molecule has 2 saturated heterocycles. The van der Waals surface area contributed by atoms with E-state index in [-0.39, 0.29) is 23.8 Å². The van der Waals surface area contributed by atoms with E-state index in [1.54, 1.807) is 18.7 Å². The van der Waals surface area contributed by atoms with Gasteiger partial charge in [-0.2, -0.15) is 0 Å². The van der Waals surface area contributed by atoms with E-state index in [4.69, 9.17) is 0 Å². The first-order valence-electron chi connectivity index (χ1n) is 13.6. The van der Waals surface area contributed by atoms with Crippen molar-refractivity contribution in [3.05, 3.63) is 108 Å². The molecule has 2 fully saturated rings. The largest absolute Gasteiger partial charge is 0.480 e. The van der Waals surface area contributed by atoms with Gasteiger partial charge in [0.25, 0.3) is 0 Å². The number of nitrogens with one attached hydrogen (secondary N) is 1. The van der Waals surface area contributed by atoms with Gasteiger partial charge in [-0.05, 0) is 29.0 Å². The summed E-state index contributed by atoms with van der Waals surface area (Å²) in [5.74, 6) is -1.98. The predicted molar refractivity (Wildman–Crippen MR) is 149 cm³/mol. The summed E-state index contributed by atoms with van der Waals surface area (Å²) in [5, 5.41) is 12.1. The summed E-state index contributed by atoms with van der Waals surface area (Å²) in [4.78, 5) is 42.3. The van der Waals surface area contributed by atoms with Crippen LogP contribution in [0.2, 0.25) is 0 Å². The van der Waals surface area contributed by atoms with E-state index >= 15 is 0 Å². The van der Waals surface area contributed by atoms with Crippen molar-refractivity contribution >= 4 is 17.8 Å². The summed E-state index contributed by atoms with van der Waals surface area (Å²) in [5.41, 5.74) is 2.62. The average Bonchev–Trinajstić information content (AvgIpc) is 3.59. The molecule has 3 aromatic rings. The van der Waals surface area contributed by atoms with Gasteiger partial charge in [-0.25, -0.2) is 4.79 Å². The number of rotatable bonds is 9. The maximum atomic E-state index is 13.8. The number of carboxylic acid groups (broad SMARTS) is 1. The molecule has 202 valence electrons. The first kappa shape index (κ1) is 26.6. The van der Waals surface area contributed by atoms with Gasteiger partial charge in [0, 0.05) is 19.6 Å². The number of benzene rings is 3. The van der Waals surface area contributed by atoms with Gasteiger partial charge in [-0.15, -0.1) is 0 Å². The summed E-state index contributed by atoms with van der Waals surface area (Å²) >= 11 is 0. The smallest absolute Gasteiger partial charge is 0.326 e. The van der Waals surface area contributed by atoms with Crippen molar-refractivity contribution in [2.45, 2.75) is 37.9 Å². The molecule has 0 radical (unpaired) electrons. The van der Waals surface area contributed by atoms with Crippen LogP contribution in [0.25, 0.3) is 0 Å². The molecule has 3 aromatic carbocycles. The molecule has 2 aliphatic rings. The lowest BCUT2D eigenvalue weighted by Crippen LogP contribution is -2.47. The van der Waals surface area contributed by atoms with Crippen molar-refractivity contribution in [2.75, 3.05) is 19.6 Å². The van der Waals surface area contributed by atoms with E-state index in [9.17, 15) is 19.5 Å². The number of carbonyl (C=O) groups is 3. The number of carboxylic acids is 1. The Balaban J connectivity index is 1.41. The van der Waals surface area contributed by atoms with E-state index in [2.05, 4.69) is 46.6 Å². The number of likely N-dealkylation sites (tertiary alicyclic amines) is 1. The van der Waals surface area contributed by atoms with Crippen LogP contribution in [0.1, 0.15) is 37.0 Å². The van der Waals surface area contributed by atoms with E-state index in [1.165, 1.54) is 0 Å². The van der Waals surface area contributed by atoms with Crippen LogP contribution < -0.4 is 5.32 Å². The van der Waals surface area contributed by atoms with Crippen LogP contribution in [0.15, 0.2) is 91.0 Å². The van der Waals surface area contributed by atoms with Crippen molar-refractivity contribution in [1.82, 2.24) is 15.1 Å². The number of carbonyl (C=O) groups excluding carboxylic acids is 2. The highest BCUT2D eigenvalue weighted by Crippen LogP contribution is 2.48. The standard InChI is InChI=1S/C32H35N3O4/c1-22(2)28(31(38)39)33-29(36)23-18-19-34(20-23)30(37)27-21-35(27)32(24-12-6-3-7-13-24,25-14-8-4-9-15-25)26-16-10-5-11-17-26/h3-17,22-23,27-28H,18-21H2,1-2H3,(H,33,36)(H,38,39)/t23-,27?,28-,35?/m0/s1. The second-order valence-corrected chi connectivity index (χ2v) is 10.8. The lowest BCUT2D eigenvalue weighted by atomic mass is 9.76. The number of amides is 2. The molecular formula is C32H35N3O4. The van der Waals surface area contributed by atoms with Gasteiger partial charge >= 0.3 is 5.97 Å². The molecule has 4 atom stereocenters. The van der Waals surface area contributed by atoms with Crippen LogP contribution in [-0.4, -0.2) is 64.4 Å². The second-order valence-electron chi connectivity index (χ2n) is 10.8. The van der Waals surface area contributed by atoms with Crippen LogP contribution in [0.4, 0.5) is 0 Å². The van der Waals surface area contributed by atoms with Crippen molar-refractivity contribution in [2.24, 2.45) is 11.8 Å². The molecule has 5 rings (SSSR count). The minimum atomic E-state index is -1.04. The highest BCUT2D eigenvalue weighted by molar-refractivity contribution is 5.89. The van der Waals surface area contributed by atoms with Crippen LogP contribution in [0.3, 0.4) is 0 Å². The molecule has 7 heteroatoms. The van der Waals surface area contributed by atoms with Crippen molar-refractivity contribution in [3.63, 3.8) is 0 Å². The van der Waals surface area contributed by atoms with Gasteiger partial charge in [0.15, 0.2) is 0 Å². The number of hydrogen-bond acceptors (Lipinski definition) is 4. The van der Waals surface area contributed by atoms with Crippen LogP contribution in [0.5, 0.6) is 0 Å². The van der Waals surface area contributed by atoms with Gasteiger partial charge in [0.1, 0.15) is 12.1 Å². The maximum absolute atomic E-state index is 13.8. The molecule has 2 heterocycles. The van der Waals surface area contributed by atoms with Gasteiger partial charge < -0.3 is 15.3 Å². The van der Waals surface area contributed by atoms with Gasteiger partial charge in [0.05, 0.1) is 11.5 Å². The Morgan fingerprint density at radius 1 is 0.821 bits per heavy atom. The molecule has 0 saturated carbocycles. The number of aliphatic carboxylic acids is 1. The fourth-order valence-corrected chi connectivity index (χ4v) is 5.93. The molecular weight excluding hydrogens is 490 g/mol. The first-order chi connectivity index (χ1) is 18.8. The topological polar surface area (TPSA) is 89.7 Å². The number of hydrogen-bond donors (Lipinski definition) is 2. The summed E-state index contributed by atoms with van der Waals surface area (Å²) in [6.07, 6.45) is 0.524. The third-order valence-corrected chi connectivity index (χ3v) is 8.00. The van der Waals surface area contributed by atoms with Gasteiger partial charge in [0.2, 0.25) is 11.8 Å². The van der Waals surface area contributed by atoms with Crippen molar-refractivity contribution in [3.8, 4) is 0 Å². The number of nitrogens with zero attached hydrogens (tertiary/aromatic N) is 2. The van der Waals surface area contributed by atoms with E-state index in [0.717, 1.165) is 16.7 Å². The van der Waals surface area contributed by atoms with Gasteiger partial charge in [-0.1, -0.05) is 105 Å². The second kappa shape index (κ2) is 11.0. The molecule has 0 aliphatic carbocycles. The van der Waals surface area contributed by atoms with Crippen LogP contribution >= 0.6 is 0 Å². The summed E-state index contributed by atoms with van der Waals surface area (Å²) < 4.78 is 0. The summed E-state index contributed by atoms with van der Waals surface area (Å²) in [7, 11) is 0. The minimum Gasteiger partial charge on any atom is -0.480 e. The van der Waals surface area contributed by atoms with Crippen molar-refractivity contribution < 1.29 is 19.5 Å². The average molecular weight is 526 g/mol. The zero-order chi connectivity index (χ0) is 27.6. The molecule has 0 aromatic heterocycles. The fourth-order valence-electron chi connectivity index (χ4n) is 5.93. The normalized spacial score (nSPS) is 21.4. The Labute approximate surface area is 229 Å². The zero-order valence-corrected chi connectivity index (χ0v) is 22.4. The molecule has 39 heavy (non-hydrogen) atoms.